The van der Waals surface area contributed by atoms with E-state index in [2.05, 4.69) is 10.6 Å². The average molecular weight is 360 g/mol. The summed E-state index contributed by atoms with van der Waals surface area (Å²) >= 11 is 0. The molecule has 0 spiro atoms. The Morgan fingerprint density at radius 1 is 1.12 bits per heavy atom. The molecule has 7 nitrogen and oxygen atoms in total. The smallest absolute Gasteiger partial charge is 0.321 e. The number of ether oxygens (including phenoxy) is 1. The van der Waals surface area contributed by atoms with Crippen molar-refractivity contribution in [2.45, 2.75) is 32.3 Å². The zero-order valence-electron chi connectivity index (χ0n) is 15.4. The number of carbonyl (C=O) groups excluding carboxylic acids is 2. The fourth-order valence-electron chi connectivity index (χ4n) is 3.37. The van der Waals surface area contributed by atoms with E-state index in [1.165, 1.54) is 0 Å². The molecular formula is C19H28N4O3. The third kappa shape index (κ3) is 5.11. The normalized spacial score (nSPS) is 20.6. The minimum absolute atomic E-state index is 0.0681. The van der Waals surface area contributed by atoms with Gasteiger partial charge in [-0.3, -0.25) is 0 Å². The molecule has 7 heteroatoms. The molecule has 0 bridgehead atoms. The molecule has 1 aromatic carbocycles. The second-order valence-electron chi connectivity index (χ2n) is 6.95. The Kier molecular flexibility index (Phi) is 6.33. The molecule has 4 amide bonds. The van der Waals surface area contributed by atoms with Gasteiger partial charge in [0.05, 0.1) is 6.10 Å². The Labute approximate surface area is 154 Å². The summed E-state index contributed by atoms with van der Waals surface area (Å²) in [7, 11) is 0. The monoisotopic (exact) mass is 360 g/mol. The predicted octanol–water partition coefficient (Wildman–Crippen LogP) is 2.42. The maximum Gasteiger partial charge on any atom is 0.321 e. The van der Waals surface area contributed by atoms with Crippen LogP contribution >= 0.6 is 0 Å². The number of benzene rings is 1. The first-order valence-corrected chi connectivity index (χ1v) is 9.39. The van der Waals surface area contributed by atoms with Gasteiger partial charge in [0.1, 0.15) is 0 Å². The standard InChI is InChI=1S/C19H28N4O3/c1-15-5-2-6-16(13-15)21-19(25)23-9-4-8-22(10-11-23)18(24)20-14-17-7-3-12-26-17/h2,5-6,13,17H,3-4,7-12,14H2,1H3,(H,20,24)(H,21,25). The largest absolute Gasteiger partial charge is 0.376 e. The lowest BCUT2D eigenvalue weighted by molar-refractivity contribution is 0.109. The molecule has 0 aromatic heterocycles. The molecule has 2 heterocycles. The molecule has 3 rings (SSSR count). The van der Waals surface area contributed by atoms with Gasteiger partial charge in [-0.05, 0) is 43.9 Å². The van der Waals surface area contributed by atoms with Gasteiger partial charge in [0.25, 0.3) is 0 Å². The molecule has 26 heavy (non-hydrogen) atoms. The quantitative estimate of drug-likeness (QED) is 0.869. The van der Waals surface area contributed by atoms with Crippen molar-refractivity contribution in [2.75, 3.05) is 44.6 Å². The summed E-state index contributed by atoms with van der Waals surface area (Å²) in [5.74, 6) is 0. The Morgan fingerprint density at radius 2 is 1.88 bits per heavy atom. The Hall–Kier alpha value is -2.28. The van der Waals surface area contributed by atoms with E-state index in [1.807, 2.05) is 31.2 Å². The Bertz CT molecular complexity index is 631. The van der Waals surface area contributed by atoms with Crippen molar-refractivity contribution in [3.05, 3.63) is 29.8 Å². The van der Waals surface area contributed by atoms with Gasteiger partial charge in [-0.2, -0.15) is 0 Å². The van der Waals surface area contributed by atoms with E-state index in [1.54, 1.807) is 9.80 Å². The Morgan fingerprint density at radius 3 is 2.58 bits per heavy atom. The number of aryl methyl sites for hydroxylation is 1. The van der Waals surface area contributed by atoms with Gasteiger partial charge in [0.15, 0.2) is 0 Å². The van der Waals surface area contributed by atoms with Crippen LogP contribution in [0.3, 0.4) is 0 Å². The van der Waals surface area contributed by atoms with Crippen LogP contribution in [0.1, 0.15) is 24.8 Å². The van der Waals surface area contributed by atoms with E-state index in [4.69, 9.17) is 4.74 Å². The highest BCUT2D eigenvalue weighted by molar-refractivity contribution is 5.89. The number of urea groups is 2. The summed E-state index contributed by atoms with van der Waals surface area (Å²) in [4.78, 5) is 28.4. The molecule has 0 radical (unpaired) electrons. The average Bonchev–Trinajstić information content (AvgIpc) is 3.02. The minimum atomic E-state index is -0.114. The molecule has 2 N–H and O–H groups in total. The first-order valence-electron chi connectivity index (χ1n) is 9.39. The lowest BCUT2D eigenvalue weighted by Gasteiger charge is -2.23. The van der Waals surface area contributed by atoms with Crippen molar-refractivity contribution < 1.29 is 14.3 Å². The van der Waals surface area contributed by atoms with E-state index >= 15 is 0 Å². The van der Waals surface area contributed by atoms with Gasteiger partial charge in [-0.25, -0.2) is 9.59 Å². The number of amides is 4. The molecule has 0 aliphatic carbocycles. The van der Waals surface area contributed by atoms with Crippen molar-refractivity contribution in [1.29, 1.82) is 0 Å². The van der Waals surface area contributed by atoms with E-state index in [0.29, 0.717) is 32.7 Å². The highest BCUT2D eigenvalue weighted by Gasteiger charge is 2.23. The SMILES string of the molecule is Cc1cccc(NC(=O)N2CCCN(C(=O)NCC3CCCO3)CC2)c1. The molecule has 1 unspecified atom stereocenters. The number of hydrogen-bond donors (Lipinski definition) is 2. The van der Waals surface area contributed by atoms with Gasteiger partial charge in [-0.1, -0.05) is 12.1 Å². The van der Waals surface area contributed by atoms with Crippen LogP contribution in [0.25, 0.3) is 0 Å². The van der Waals surface area contributed by atoms with Crippen LogP contribution in [-0.2, 0) is 4.74 Å². The molecule has 0 saturated carbocycles. The van der Waals surface area contributed by atoms with Gasteiger partial charge in [0, 0.05) is 45.0 Å². The number of carbonyl (C=O) groups is 2. The van der Waals surface area contributed by atoms with Crippen LogP contribution in [0.2, 0.25) is 0 Å². The lowest BCUT2D eigenvalue weighted by atomic mass is 10.2. The number of hydrogen-bond acceptors (Lipinski definition) is 3. The number of rotatable bonds is 3. The fraction of sp³-hybridized carbons (Fsp3) is 0.579. The zero-order chi connectivity index (χ0) is 18.4. The molecule has 1 atom stereocenters. The fourth-order valence-corrected chi connectivity index (χ4v) is 3.37. The topological polar surface area (TPSA) is 73.9 Å². The number of nitrogens with zero attached hydrogens (tertiary/aromatic N) is 2. The van der Waals surface area contributed by atoms with Crippen LogP contribution < -0.4 is 10.6 Å². The summed E-state index contributed by atoms with van der Waals surface area (Å²) in [5.41, 5.74) is 1.90. The van der Waals surface area contributed by atoms with Crippen molar-refractivity contribution in [1.82, 2.24) is 15.1 Å². The van der Waals surface area contributed by atoms with Gasteiger partial charge in [-0.15, -0.1) is 0 Å². The first-order chi connectivity index (χ1) is 12.6. The molecule has 142 valence electrons. The molecule has 2 saturated heterocycles. The maximum absolute atomic E-state index is 12.5. The van der Waals surface area contributed by atoms with Gasteiger partial charge < -0.3 is 25.2 Å². The van der Waals surface area contributed by atoms with Gasteiger partial charge >= 0.3 is 12.1 Å². The second kappa shape index (κ2) is 8.89. The summed E-state index contributed by atoms with van der Waals surface area (Å²) < 4.78 is 5.53. The van der Waals surface area contributed by atoms with Crippen molar-refractivity contribution in [2.24, 2.45) is 0 Å². The zero-order valence-corrected chi connectivity index (χ0v) is 15.4. The molecule has 2 aliphatic rings. The summed E-state index contributed by atoms with van der Waals surface area (Å²) in [6, 6.07) is 7.56. The highest BCUT2D eigenvalue weighted by atomic mass is 16.5. The van der Waals surface area contributed by atoms with E-state index < -0.39 is 0 Å². The molecule has 2 fully saturated rings. The summed E-state index contributed by atoms with van der Waals surface area (Å²) in [6.07, 6.45) is 2.99. The third-order valence-electron chi connectivity index (χ3n) is 4.84. The van der Waals surface area contributed by atoms with E-state index in [-0.39, 0.29) is 18.2 Å². The summed E-state index contributed by atoms with van der Waals surface area (Å²) in [6.45, 7) is 5.72. The van der Waals surface area contributed by atoms with Crippen molar-refractivity contribution >= 4 is 17.7 Å². The van der Waals surface area contributed by atoms with Crippen molar-refractivity contribution in [3.8, 4) is 0 Å². The molecule has 2 aliphatic heterocycles. The molecular weight excluding hydrogens is 332 g/mol. The highest BCUT2D eigenvalue weighted by Crippen LogP contribution is 2.13. The van der Waals surface area contributed by atoms with Crippen LogP contribution in [0.4, 0.5) is 15.3 Å². The Balaban J connectivity index is 1.46. The molecule has 1 aromatic rings. The second-order valence-corrected chi connectivity index (χ2v) is 6.95. The van der Waals surface area contributed by atoms with Crippen molar-refractivity contribution in [3.63, 3.8) is 0 Å². The number of nitrogens with one attached hydrogen (secondary N) is 2. The minimum Gasteiger partial charge on any atom is -0.376 e. The van der Waals surface area contributed by atoms with Crippen LogP contribution in [-0.4, -0.2) is 67.3 Å². The number of anilines is 1. The van der Waals surface area contributed by atoms with E-state index in [9.17, 15) is 9.59 Å². The summed E-state index contributed by atoms with van der Waals surface area (Å²) in [5, 5.41) is 5.89. The van der Waals surface area contributed by atoms with Crippen LogP contribution in [0.5, 0.6) is 0 Å². The van der Waals surface area contributed by atoms with E-state index in [0.717, 1.165) is 37.1 Å². The van der Waals surface area contributed by atoms with Crippen LogP contribution in [0, 0.1) is 6.92 Å². The van der Waals surface area contributed by atoms with Crippen LogP contribution in [0.15, 0.2) is 24.3 Å². The third-order valence-corrected chi connectivity index (χ3v) is 4.84. The first kappa shape index (κ1) is 18.5. The predicted molar refractivity (Wildman–Crippen MR) is 100 cm³/mol. The lowest BCUT2D eigenvalue weighted by Crippen LogP contribution is -2.45. The maximum atomic E-state index is 12.5. The van der Waals surface area contributed by atoms with Gasteiger partial charge in [0.2, 0.25) is 0 Å².